The normalized spacial score (nSPS) is 10.2. The molecule has 8 heteroatoms. The average Bonchev–Trinajstić information content (AvgIpc) is 2.43. The number of hydrogen-bond donors (Lipinski definition) is 1. The fraction of sp³-hybridized carbons (Fsp3) is 0.0769. The number of nitro groups is 1. The Hall–Kier alpha value is -1.99. The molecule has 0 atom stereocenters. The summed E-state index contributed by atoms with van der Waals surface area (Å²) in [5, 5.41) is 13.5. The van der Waals surface area contributed by atoms with Gasteiger partial charge in [0.15, 0.2) is 5.15 Å². The Morgan fingerprint density at radius 1 is 1.43 bits per heavy atom. The van der Waals surface area contributed by atoms with Gasteiger partial charge in [-0.15, -0.1) is 0 Å². The zero-order valence-corrected chi connectivity index (χ0v) is 13.1. The number of carbonyl (C=O) groups excluding carboxylic acids is 1. The number of amides is 1. The molecule has 1 aromatic carbocycles. The zero-order chi connectivity index (χ0) is 15.6. The average molecular weight is 371 g/mol. The number of rotatable bonds is 3. The van der Waals surface area contributed by atoms with Gasteiger partial charge in [0.05, 0.1) is 16.2 Å². The molecule has 0 saturated carbocycles. The Balaban J connectivity index is 2.34. The van der Waals surface area contributed by atoms with Crippen LogP contribution in [0.5, 0.6) is 0 Å². The minimum Gasteiger partial charge on any atom is -0.319 e. The number of aromatic nitrogens is 1. The van der Waals surface area contributed by atoms with Crippen LogP contribution in [-0.2, 0) is 0 Å². The molecule has 1 aromatic heterocycles. The van der Waals surface area contributed by atoms with E-state index in [0.717, 1.165) is 5.56 Å². The number of carbonyl (C=O) groups is 1. The minimum absolute atomic E-state index is 0.141. The van der Waals surface area contributed by atoms with Crippen LogP contribution in [0.1, 0.15) is 15.9 Å². The van der Waals surface area contributed by atoms with Crippen molar-refractivity contribution in [2.45, 2.75) is 6.92 Å². The van der Waals surface area contributed by atoms with Gasteiger partial charge in [-0.25, -0.2) is 4.98 Å². The summed E-state index contributed by atoms with van der Waals surface area (Å²) in [5.41, 5.74) is 1.14. The van der Waals surface area contributed by atoms with E-state index in [-0.39, 0.29) is 16.4 Å². The fourth-order valence-corrected chi connectivity index (χ4v) is 2.21. The minimum atomic E-state index is -0.565. The van der Waals surface area contributed by atoms with Crippen molar-refractivity contribution in [3.05, 3.63) is 61.3 Å². The van der Waals surface area contributed by atoms with Gasteiger partial charge in [0.2, 0.25) is 0 Å². The van der Waals surface area contributed by atoms with E-state index in [0.29, 0.717) is 10.2 Å². The number of nitro benzene ring substituents is 1. The van der Waals surface area contributed by atoms with Crippen LogP contribution in [0.15, 0.2) is 34.9 Å². The number of nitrogens with zero attached hydrogens (tertiary/aromatic N) is 2. The molecule has 1 amide bonds. The third-order valence-corrected chi connectivity index (χ3v) is 3.62. The maximum atomic E-state index is 12.2. The summed E-state index contributed by atoms with van der Waals surface area (Å²) >= 11 is 9.10. The lowest BCUT2D eigenvalue weighted by Crippen LogP contribution is -2.13. The molecule has 1 N–H and O–H groups in total. The highest BCUT2D eigenvalue weighted by atomic mass is 79.9. The molecule has 2 rings (SSSR count). The molecular weight excluding hydrogens is 362 g/mol. The number of aryl methyl sites for hydroxylation is 1. The lowest BCUT2D eigenvalue weighted by atomic mass is 10.2. The van der Waals surface area contributed by atoms with E-state index >= 15 is 0 Å². The summed E-state index contributed by atoms with van der Waals surface area (Å²) in [6.45, 7) is 1.81. The van der Waals surface area contributed by atoms with Gasteiger partial charge >= 0.3 is 0 Å². The predicted molar refractivity (Wildman–Crippen MR) is 82.7 cm³/mol. The summed E-state index contributed by atoms with van der Waals surface area (Å²) in [4.78, 5) is 26.4. The summed E-state index contributed by atoms with van der Waals surface area (Å²) in [6, 6.07) is 5.61. The van der Waals surface area contributed by atoms with Crippen LogP contribution < -0.4 is 5.32 Å². The molecule has 6 nitrogen and oxygen atoms in total. The van der Waals surface area contributed by atoms with Crippen LogP contribution in [0.25, 0.3) is 0 Å². The van der Waals surface area contributed by atoms with E-state index in [9.17, 15) is 14.9 Å². The number of hydrogen-bond acceptors (Lipinski definition) is 4. The van der Waals surface area contributed by atoms with Crippen LogP contribution in [0, 0.1) is 17.0 Å². The molecular formula is C13H9BrClN3O3. The second-order valence-electron chi connectivity index (χ2n) is 4.23. The van der Waals surface area contributed by atoms with Crippen LogP contribution in [0.4, 0.5) is 11.4 Å². The fourth-order valence-electron chi connectivity index (χ4n) is 1.63. The van der Waals surface area contributed by atoms with Gasteiger partial charge < -0.3 is 5.32 Å². The molecule has 21 heavy (non-hydrogen) atoms. The van der Waals surface area contributed by atoms with Crippen molar-refractivity contribution in [2.75, 3.05) is 5.32 Å². The van der Waals surface area contributed by atoms with Gasteiger partial charge in [-0.1, -0.05) is 11.6 Å². The van der Waals surface area contributed by atoms with Crippen LogP contribution in [0.3, 0.4) is 0 Å². The molecule has 0 radical (unpaired) electrons. The lowest BCUT2D eigenvalue weighted by molar-refractivity contribution is -0.384. The van der Waals surface area contributed by atoms with Crippen molar-refractivity contribution in [3.63, 3.8) is 0 Å². The molecule has 0 aliphatic rings. The number of anilines is 1. The quantitative estimate of drug-likeness (QED) is 0.503. The Kier molecular flexibility index (Phi) is 4.54. The second-order valence-corrected chi connectivity index (χ2v) is 5.44. The number of pyridine rings is 1. The van der Waals surface area contributed by atoms with Gasteiger partial charge in [-0.05, 0) is 40.5 Å². The largest absolute Gasteiger partial charge is 0.319 e. The number of non-ortho nitro benzene ring substituents is 1. The van der Waals surface area contributed by atoms with Crippen molar-refractivity contribution < 1.29 is 9.72 Å². The third kappa shape index (κ3) is 3.56. The molecule has 0 aliphatic carbocycles. The zero-order valence-electron chi connectivity index (χ0n) is 10.8. The van der Waals surface area contributed by atoms with Gasteiger partial charge in [0.1, 0.15) is 0 Å². The molecule has 108 valence electrons. The highest BCUT2D eigenvalue weighted by Gasteiger charge is 2.16. The third-order valence-electron chi connectivity index (χ3n) is 2.63. The van der Waals surface area contributed by atoms with Gasteiger partial charge in [0, 0.05) is 22.8 Å². The SMILES string of the molecule is Cc1cnc(Cl)c(NC(=O)c2cc([N+](=O)[O-])ccc2Br)c1. The van der Waals surface area contributed by atoms with E-state index in [2.05, 4.69) is 26.2 Å². The Labute approximate surface area is 133 Å². The van der Waals surface area contributed by atoms with Crippen molar-refractivity contribution in [2.24, 2.45) is 0 Å². The van der Waals surface area contributed by atoms with Crippen molar-refractivity contribution >= 4 is 44.8 Å². The molecule has 0 fully saturated rings. The molecule has 0 spiro atoms. The van der Waals surface area contributed by atoms with E-state index in [4.69, 9.17) is 11.6 Å². The van der Waals surface area contributed by atoms with Crippen molar-refractivity contribution in [1.82, 2.24) is 4.98 Å². The van der Waals surface area contributed by atoms with Crippen molar-refractivity contribution in [3.8, 4) is 0 Å². The maximum absolute atomic E-state index is 12.2. The first-order valence-electron chi connectivity index (χ1n) is 5.76. The van der Waals surface area contributed by atoms with E-state index in [1.807, 2.05) is 6.92 Å². The predicted octanol–water partition coefficient (Wildman–Crippen LogP) is 3.97. The Bertz CT molecular complexity index is 737. The summed E-state index contributed by atoms with van der Waals surface area (Å²) in [6.07, 6.45) is 1.57. The first-order valence-corrected chi connectivity index (χ1v) is 6.93. The maximum Gasteiger partial charge on any atom is 0.270 e. The van der Waals surface area contributed by atoms with Gasteiger partial charge in [-0.2, -0.15) is 0 Å². The van der Waals surface area contributed by atoms with Crippen LogP contribution >= 0.6 is 27.5 Å². The highest BCUT2D eigenvalue weighted by molar-refractivity contribution is 9.10. The number of benzene rings is 1. The Morgan fingerprint density at radius 3 is 2.81 bits per heavy atom. The Morgan fingerprint density at radius 2 is 2.14 bits per heavy atom. The topological polar surface area (TPSA) is 85.1 Å². The molecule has 0 unspecified atom stereocenters. The molecule has 0 saturated heterocycles. The highest BCUT2D eigenvalue weighted by Crippen LogP contribution is 2.25. The summed E-state index contributed by atoms with van der Waals surface area (Å²) < 4.78 is 0.447. The molecule has 2 aromatic rings. The van der Waals surface area contributed by atoms with Crippen LogP contribution in [0.2, 0.25) is 5.15 Å². The second kappa shape index (κ2) is 6.19. The van der Waals surface area contributed by atoms with Gasteiger partial charge in [-0.3, -0.25) is 14.9 Å². The lowest BCUT2D eigenvalue weighted by Gasteiger charge is -2.08. The summed E-state index contributed by atoms with van der Waals surface area (Å²) in [5.74, 6) is -0.514. The first-order chi connectivity index (χ1) is 9.88. The van der Waals surface area contributed by atoms with E-state index < -0.39 is 10.8 Å². The molecule has 0 aliphatic heterocycles. The molecule has 1 heterocycles. The first kappa shape index (κ1) is 15.4. The molecule has 0 bridgehead atoms. The standard InChI is InChI=1S/C13H9BrClN3O3/c1-7-4-11(12(15)16-6-7)17-13(19)9-5-8(18(20)21)2-3-10(9)14/h2-6H,1H3,(H,17,19). The summed E-state index contributed by atoms with van der Waals surface area (Å²) in [7, 11) is 0. The smallest absolute Gasteiger partial charge is 0.270 e. The number of nitrogens with one attached hydrogen (secondary N) is 1. The van der Waals surface area contributed by atoms with E-state index in [1.54, 1.807) is 12.3 Å². The van der Waals surface area contributed by atoms with Gasteiger partial charge in [0.25, 0.3) is 11.6 Å². The monoisotopic (exact) mass is 369 g/mol. The van der Waals surface area contributed by atoms with E-state index in [1.165, 1.54) is 18.2 Å². The van der Waals surface area contributed by atoms with Crippen molar-refractivity contribution in [1.29, 1.82) is 0 Å². The van der Waals surface area contributed by atoms with Crippen LogP contribution in [-0.4, -0.2) is 15.8 Å². The number of halogens is 2.